The fourth-order valence-corrected chi connectivity index (χ4v) is 4.94. The van der Waals surface area contributed by atoms with E-state index < -0.39 is 90.5 Å². The summed E-state index contributed by atoms with van der Waals surface area (Å²) in [5, 5.41) is 46.2. The van der Waals surface area contributed by atoms with Crippen LogP contribution in [0.1, 0.15) is 23.6 Å². The number of aromatic amines is 2. The fourth-order valence-electron chi connectivity index (χ4n) is 4.94. The number of H-pyrrole nitrogens is 2. The third-order valence-electron chi connectivity index (χ3n) is 7.24. The molecule has 2 fully saturated rings. The van der Waals surface area contributed by atoms with E-state index in [9.17, 15) is 44.4 Å². The Kier molecular flexibility index (Phi) is 8.71. The van der Waals surface area contributed by atoms with Crippen LogP contribution in [0.25, 0.3) is 0 Å². The Morgan fingerprint density at radius 2 is 1.18 bits per heavy atom. The monoisotopic (exact) mass is 568 g/mol. The van der Waals surface area contributed by atoms with Crippen molar-refractivity contribution in [2.45, 2.75) is 50.7 Å². The molecule has 4 rings (SSSR count). The van der Waals surface area contributed by atoms with Gasteiger partial charge in [-0.05, 0) is 13.8 Å². The van der Waals surface area contributed by atoms with Gasteiger partial charge in [-0.15, -0.1) is 0 Å². The summed E-state index contributed by atoms with van der Waals surface area (Å²) < 4.78 is 13.3. The number of hydrogen-bond acceptors (Lipinski definition) is 11. The molecule has 17 nitrogen and oxygen atoms in total. The smallest absolute Gasteiger partial charge is 0.330 e. The normalized spacial score (nSPS) is 29.9. The first-order valence-corrected chi connectivity index (χ1v) is 12.5. The van der Waals surface area contributed by atoms with Crippen molar-refractivity contribution in [1.29, 1.82) is 0 Å². The Balaban J connectivity index is 1.38. The van der Waals surface area contributed by atoms with Crippen LogP contribution in [-0.4, -0.2) is 96.3 Å². The third-order valence-corrected chi connectivity index (χ3v) is 7.24. The van der Waals surface area contributed by atoms with Crippen LogP contribution < -0.4 is 33.1 Å². The van der Waals surface area contributed by atoms with Crippen LogP contribution in [0.15, 0.2) is 31.6 Å². The summed E-state index contributed by atoms with van der Waals surface area (Å²) in [4.78, 5) is 64.6. The predicted molar refractivity (Wildman–Crippen MR) is 135 cm³/mol. The highest BCUT2D eigenvalue weighted by Gasteiger charge is 2.46. The molecule has 0 bridgehead atoms. The lowest BCUT2D eigenvalue weighted by molar-refractivity contribution is -0.0536. The maximum absolute atomic E-state index is 12.6. The topological polar surface area (TPSA) is 250 Å². The number of amides is 2. The predicted octanol–water partition coefficient (Wildman–Crippen LogP) is -4.26. The zero-order chi connectivity index (χ0) is 29.3. The van der Waals surface area contributed by atoms with Crippen LogP contribution in [0.2, 0.25) is 0 Å². The number of aromatic nitrogens is 4. The van der Waals surface area contributed by atoms with Crippen molar-refractivity contribution < 1.29 is 34.7 Å². The molecule has 0 spiro atoms. The Hall–Kier alpha value is -3.61. The first-order chi connectivity index (χ1) is 19.0. The molecule has 4 unspecified atom stereocenters. The van der Waals surface area contributed by atoms with Gasteiger partial charge in [-0.2, -0.15) is 0 Å². The summed E-state index contributed by atoms with van der Waals surface area (Å²) >= 11 is 0. The number of carbonyl (C=O) groups is 1. The van der Waals surface area contributed by atoms with E-state index in [0.717, 1.165) is 9.13 Å². The largest absolute Gasteiger partial charge is 0.394 e. The Labute approximate surface area is 225 Å². The SMILES string of the molecule is Cc1cn([C@@H]2O[C@H](CO)C(CNC(=O)NCC3C(O)[C@H](n4cc(C)c(=O)[nH]c4=O)O[C@@H]3CO)C2O)c(=O)[nH]c1=O. The lowest BCUT2D eigenvalue weighted by atomic mass is 9.97. The summed E-state index contributed by atoms with van der Waals surface area (Å²) in [6.45, 7) is 1.56. The zero-order valence-corrected chi connectivity index (χ0v) is 21.6. The van der Waals surface area contributed by atoms with Gasteiger partial charge in [0.05, 0.1) is 25.4 Å². The second kappa shape index (κ2) is 11.9. The summed E-state index contributed by atoms with van der Waals surface area (Å²) in [5.74, 6) is -1.66. The van der Waals surface area contributed by atoms with Gasteiger partial charge in [0.25, 0.3) is 11.1 Å². The van der Waals surface area contributed by atoms with Gasteiger partial charge in [-0.1, -0.05) is 0 Å². The highest BCUT2D eigenvalue weighted by molar-refractivity contribution is 5.73. The van der Waals surface area contributed by atoms with Crippen LogP contribution in [-0.2, 0) is 9.47 Å². The maximum Gasteiger partial charge on any atom is 0.330 e. The van der Waals surface area contributed by atoms with E-state index in [4.69, 9.17) is 9.47 Å². The number of aliphatic hydroxyl groups is 4. The van der Waals surface area contributed by atoms with Gasteiger partial charge >= 0.3 is 17.4 Å². The van der Waals surface area contributed by atoms with Gasteiger partial charge in [0.2, 0.25) is 0 Å². The van der Waals surface area contributed by atoms with Crippen molar-refractivity contribution in [3.8, 4) is 0 Å². The van der Waals surface area contributed by atoms with Gasteiger partial charge in [-0.3, -0.25) is 28.7 Å². The van der Waals surface area contributed by atoms with Gasteiger partial charge in [-0.25, -0.2) is 14.4 Å². The van der Waals surface area contributed by atoms with Crippen LogP contribution >= 0.6 is 0 Å². The molecule has 2 aromatic rings. The van der Waals surface area contributed by atoms with E-state index in [-0.39, 0.29) is 24.2 Å². The maximum atomic E-state index is 12.6. The van der Waals surface area contributed by atoms with Crippen molar-refractivity contribution in [3.05, 3.63) is 65.2 Å². The Morgan fingerprint density at radius 3 is 1.52 bits per heavy atom. The summed E-state index contributed by atoms with van der Waals surface area (Å²) in [6, 6.07) is -0.714. The summed E-state index contributed by atoms with van der Waals surface area (Å²) in [7, 11) is 0. The number of aliphatic hydroxyl groups excluding tert-OH is 4. The van der Waals surface area contributed by atoms with E-state index in [0.29, 0.717) is 0 Å². The van der Waals surface area contributed by atoms with Crippen molar-refractivity contribution in [1.82, 2.24) is 29.7 Å². The lowest BCUT2D eigenvalue weighted by Crippen LogP contribution is -2.47. The number of nitrogens with zero attached hydrogens (tertiary/aromatic N) is 2. The molecule has 2 aliphatic rings. The molecular formula is C23H32N6O11. The highest BCUT2D eigenvalue weighted by atomic mass is 16.6. The van der Waals surface area contributed by atoms with E-state index >= 15 is 0 Å². The molecule has 2 amide bonds. The van der Waals surface area contributed by atoms with Crippen molar-refractivity contribution in [3.63, 3.8) is 0 Å². The Bertz CT molecular complexity index is 1360. The number of ether oxygens (including phenoxy) is 2. The van der Waals surface area contributed by atoms with Crippen molar-refractivity contribution in [2.24, 2.45) is 11.8 Å². The molecule has 2 aromatic heterocycles. The molecule has 0 radical (unpaired) electrons. The minimum Gasteiger partial charge on any atom is -0.394 e. The second-order valence-corrected chi connectivity index (χ2v) is 9.85. The first kappa shape index (κ1) is 29.4. The quantitative estimate of drug-likeness (QED) is 0.151. The molecule has 8 N–H and O–H groups in total. The van der Waals surface area contributed by atoms with Gasteiger partial charge in [0.15, 0.2) is 12.5 Å². The second-order valence-electron chi connectivity index (χ2n) is 9.85. The van der Waals surface area contributed by atoms with Gasteiger partial charge in [0.1, 0.15) is 12.2 Å². The molecule has 8 atom stereocenters. The summed E-state index contributed by atoms with van der Waals surface area (Å²) in [5.41, 5.74) is -2.38. The summed E-state index contributed by atoms with van der Waals surface area (Å²) in [6.07, 6.45) is -4.52. The van der Waals surface area contributed by atoms with Gasteiger partial charge in [0, 0.05) is 48.4 Å². The van der Waals surface area contributed by atoms with Crippen molar-refractivity contribution in [2.75, 3.05) is 26.3 Å². The molecule has 0 aliphatic carbocycles. The molecule has 220 valence electrons. The van der Waals surface area contributed by atoms with Crippen LogP contribution in [0.5, 0.6) is 0 Å². The molecule has 17 heteroatoms. The van der Waals surface area contributed by atoms with E-state index in [1.807, 2.05) is 0 Å². The van der Waals surface area contributed by atoms with Crippen LogP contribution in [0, 0.1) is 25.7 Å². The van der Waals surface area contributed by atoms with E-state index in [2.05, 4.69) is 20.6 Å². The molecule has 4 heterocycles. The van der Waals surface area contributed by atoms with Crippen LogP contribution in [0.3, 0.4) is 0 Å². The minimum absolute atomic E-state index is 0.173. The Morgan fingerprint density at radius 1 is 0.800 bits per heavy atom. The lowest BCUT2D eigenvalue weighted by Gasteiger charge is -2.22. The average molecular weight is 569 g/mol. The number of carbonyl (C=O) groups excluding carboxylic acids is 1. The molecule has 2 aliphatic heterocycles. The number of nitrogens with one attached hydrogen (secondary N) is 4. The standard InChI is InChI=1S/C23H32N6O11/c1-9-5-28(22(37)26-17(9)34)19-15(32)11(13(7-30)39-19)3-24-21(36)25-4-12-14(8-31)40-20(16(12)33)29-6-10(2)18(35)27-23(29)38/h5-6,11-16,19-20,30-33H,3-4,7-8H2,1-2H3,(H2,24,25,36)(H,26,34,37)(H,27,35,38)/t11?,12?,13-,14-,15?,16?,19-,20-/m1/s1. The van der Waals surface area contributed by atoms with Gasteiger partial charge < -0.3 is 40.5 Å². The average Bonchev–Trinajstić information content (AvgIpc) is 3.41. The fraction of sp³-hybridized carbons (Fsp3) is 0.609. The molecule has 0 saturated carbocycles. The third kappa shape index (κ3) is 5.65. The van der Waals surface area contributed by atoms with Crippen molar-refractivity contribution >= 4 is 6.03 Å². The zero-order valence-electron chi connectivity index (χ0n) is 21.6. The van der Waals surface area contributed by atoms with E-state index in [1.54, 1.807) is 0 Å². The highest BCUT2D eigenvalue weighted by Crippen LogP contribution is 2.34. The molecular weight excluding hydrogens is 536 g/mol. The number of urea groups is 1. The number of hydrogen-bond donors (Lipinski definition) is 8. The first-order valence-electron chi connectivity index (χ1n) is 12.5. The molecule has 40 heavy (non-hydrogen) atoms. The number of aryl methyl sites for hydroxylation is 2. The van der Waals surface area contributed by atoms with E-state index in [1.165, 1.54) is 26.2 Å². The minimum atomic E-state index is -1.33. The molecule has 0 aromatic carbocycles. The number of rotatable bonds is 8. The molecule has 2 saturated heterocycles. The van der Waals surface area contributed by atoms with Crippen LogP contribution in [0.4, 0.5) is 4.79 Å².